The maximum atomic E-state index is 12.2. The van der Waals surface area contributed by atoms with Crippen LogP contribution in [0.25, 0.3) is 5.69 Å². The third-order valence-electron chi connectivity index (χ3n) is 3.80. The molecule has 21 heavy (non-hydrogen) atoms. The number of carboxylic acid groups (broad SMARTS) is 1. The van der Waals surface area contributed by atoms with Crippen LogP contribution in [0.3, 0.4) is 0 Å². The molecule has 1 aliphatic rings. The number of imidazole rings is 1. The SMILES string of the molecule is O=C(NCC1(C(=O)O)CC1)c1cncn1-c1ccccc1. The lowest BCUT2D eigenvalue weighted by Gasteiger charge is -2.12. The number of hydrogen-bond acceptors (Lipinski definition) is 3. The highest BCUT2D eigenvalue weighted by molar-refractivity contribution is 5.93. The third kappa shape index (κ3) is 2.52. The second kappa shape index (κ2) is 5.05. The molecular weight excluding hydrogens is 270 g/mol. The molecule has 6 nitrogen and oxygen atoms in total. The van der Waals surface area contributed by atoms with Gasteiger partial charge in [-0.2, -0.15) is 0 Å². The fourth-order valence-corrected chi connectivity index (χ4v) is 2.21. The summed E-state index contributed by atoms with van der Waals surface area (Å²) in [5.41, 5.74) is 0.453. The van der Waals surface area contributed by atoms with Crippen LogP contribution in [0.4, 0.5) is 0 Å². The minimum absolute atomic E-state index is 0.154. The Balaban J connectivity index is 1.75. The largest absolute Gasteiger partial charge is 0.481 e. The smallest absolute Gasteiger partial charge is 0.311 e. The van der Waals surface area contributed by atoms with Gasteiger partial charge in [-0.3, -0.25) is 14.2 Å². The second-order valence-electron chi connectivity index (χ2n) is 5.25. The van der Waals surface area contributed by atoms with E-state index in [4.69, 9.17) is 5.11 Å². The summed E-state index contributed by atoms with van der Waals surface area (Å²) in [4.78, 5) is 27.3. The molecule has 1 amide bonds. The predicted octanol–water partition coefficient (Wildman–Crippen LogP) is 1.47. The van der Waals surface area contributed by atoms with Crippen molar-refractivity contribution in [3.8, 4) is 5.69 Å². The van der Waals surface area contributed by atoms with Crippen molar-refractivity contribution in [1.29, 1.82) is 0 Å². The number of aromatic nitrogens is 2. The fourth-order valence-electron chi connectivity index (χ4n) is 2.21. The molecule has 0 radical (unpaired) electrons. The van der Waals surface area contributed by atoms with Crippen molar-refractivity contribution in [3.63, 3.8) is 0 Å². The van der Waals surface area contributed by atoms with Gasteiger partial charge in [-0.05, 0) is 25.0 Å². The highest BCUT2D eigenvalue weighted by Gasteiger charge is 2.50. The lowest BCUT2D eigenvalue weighted by atomic mass is 10.1. The zero-order chi connectivity index (χ0) is 14.9. The minimum atomic E-state index is -0.848. The Kier molecular flexibility index (Phi) is 3.21. The lowest BCUT2D eigenvalue weighted by molar-refractivity contribution is -0.143. The van der Waals surface area contributed by atoms with E-state index >= 15 is 0 Å². The van der Waals surface area contributed by atoms with Crippen LogP contribution in [0.5, 0.6) is 0 Å². The molecule has 0 unspecified atom stereocenters. The van der Waals surface area contributed by atoms with E-state index in [1.54, 1.807) is 10.9 Å². The normalized spacial score (nSPS) is 15.4. The summed E-state index contributed by atoms with van der Waals surface area (Å²) in [6.07, 6.45) is 4.26. The van der Waals surface area contributed by atoms with Crippen LogP contribution in [0.2, 0.25) is 0 Å². The molecule has 1 saturated carbocycles. The van der Waals surface area contributed by atoms with Crippen molar-refractivity contribution >= 4 is 11.9 Å². The van der Waals surface area contributed by atoms with E-state index in [1.165, 1.54) is 6.20 Å². The number of aliphatic carboxylic acids is 1. The van der Waals surface area contributed by atoms with Crippen molar-refractivity contribution in [2.24, 2.45) is 5.41 Å². The van der Waals surface area contributed by atoms with Gasteiger partial charge >= 0.3 is 5.97 Å². The van der Waals surface area contributed by atoms with Crippen molar-refractivity contribution in [2.45, 2.75) is 12.8 Å². The van der Waals surface area contributed by atoms with Gasteiger partial charge in [0.25, 0.3) is 5.91 Å². The molecule has 1 fully saturated rings. The Labute approximate surface area is 121 Å². The summed E-state index contributed by atoms with van der Waals surface area (Å²) >= 11 is 0. The Morgan fingerprint density at radius 2 is 2.00 bits per heavy atom. The number of carbonyl (C=O) groups is 2. The molecule has 2 N–H and O–H groups in total. The Hall–Kier alpha value is -2.63. The molecular formula is C15H15N3O3. The summed E-state index contributed by atoms with van der Waals surface area (Å²) in [5.74, 6) is -1.16. The number of nitrogens with one attached hydrogen (secondary N) is 1. The molecule has 0 saturated heterocycles. The van der Waals surface area contributed by atoms with E-state index in [-0.39, 0.29) is 12.5 Å². The molecule has 1 heterocycles. The average Bonchev–Trinajstić information content (AvgIpc) is 3.14. The first-order chi connectivity index (χ1) is 10.1. The number of carboxylic acids is 1. The summed E-state index contributed by atoms with van der Waals surface area (Å²) in [6.45, 7) is 0.154. The second-order valence-corrected chi connectivity index (χ2v) is 5.25. The van der Waals surface area contributed by atoms with Crippen molar-refractivity contribution in [3.05, 3.63) is 48.5 Å². The Bertz CT molecular complexity index is 674. The predicted molar refractivity (Wildman–Crippen MR) is 75.2 cm³/mol. The van der Waals surface area contributed by atoms with Crippen molar-refractivity contribution < 1.29 is 14.7 Å². The minimum Gasteiger partial charge on any atom is -0.481 e. The molecule has 2 aromatic rings. The molecule has 0 spiro atoms. The maximum Gasteiger partial charge on any atom is 0.311 e. The van der Waals surface area contributed by atoms with Crippen molar-refractivity contribution in [2.75, 3.05) is 6.54 Å². The molecule has 6 heteroatoms. The number of amides is 1. The van der Waals surface area contributed by atoms with Gasteiger partial charge in [-0.25, -0.2) is 4.98 Å². The fraction of sp³-hybridized carbons (Fsp3) is 0.267. The van der Waals surface area contributed by atoms with Gasteiger partial charge in [-0.1, -0.05) is 18.2 Å². The zero-order valence-electron chi connectivity index (χ0n) is 11.3. The molecule has 1 aromatic carbocycles. The third-order valence-corrected chi connectivity index (χ3v) is 3.80. The first kappa shape index (κ1) is 13.4. The number of para-hydroxylation sites is 1. The van der Waals surface area contributed by atoms with Crippen molar-refractivity contribution in [1.82, 2.24) is 14.9 Å². The number of carbonyl (C=O) groups excluding carboxylic acids is 1. The summed E-state index contributed by atoms with van der Waals surface area (Å²) < 4.78 is 1.68. The molecule has 1 aliphatic carbocycles. The van der Waals surface area contributed by atoms with E-state index in [0.717, 1.165) is 5.69 Å². The average molecular weight is 285 g/mol. The van der Waals surface area contributed by atoms with Gasteiger partial charge in [0.05, 0.1) is 17.9 Å². The highest BCUT2D eigenvalue weighted by Crippen LogP contribution is 2.45. The highest BCUT2D eigenvalue weighted by atomic mass is 16.4. The number of hydrogen-bond donors (Lipinski definition) is 2. The monoisotopic (exact) mass is 285 g/mol. The van der Waals surface area contributed by atoms with Gasteiger partial charge in [0, 0.05) is 12.2 Å². The van der Waals surface area contributed by atoms with Gasteiger partial charge in [-0.15, -0.1) is 0 Å². The van der Waals surface area contributed by atoms with Crippen LogP contribution in [0.1, 0.15) is 23.3 Å². The van der Waals surface area contributed by atoms with Gasteiger partial charge in [0.1, 0.15) is 5.69 Å². The lowest BCUT2D eigenvalue weighted by Crippen LogP contribution is -2.35. The molecule has 0 atom stereocenters. The van der Waals surface area contributed by atoms with E-state index in [0.29, 0.717) is 18.5 Å². The first-order valence-electron chi connectivity index (χ1n) is 6.72. The van der Waals surface area contributed by atoms with Crippen LogP contribution in [-0.2, 0) is 4.79 Å². The van der Waals surface area contributed by atoms with Crippen LogP contribution in [0.15, 0.2) is 42.9 Å². The molecule has 0 bridgehead atoms. The van der Waals surface area contributed by atoms with Gasteiger partial charge in [0.15, 0.2) is 0 Å². The Morgan fingerprint density at radius 1 is 1.29 bits per heavy atom. The number of benzene rings is 1. The topological polar surface area (TPSA) is 84.2 Å². The molecule has 108 valence electrons. The quantitative estimate of drug-likeness (QED) is 0.871. The zero-order valence-corrected chi connectivity index (χ0v) is 11.3. The standard InChI is InChI=1S/C15H15N3O3/c19-13(17-9-15(6-7-15)14(20)21)12-8-16-10-18(12)11-4-2-1-3-5-11/h1-5,8,10H,6-7,9H2,(H,17,19)(H,20,21). The first-order valence-corrected chi connectivity index (χ1v) is 6.72. The van der Waals surface area contributed by atoms with Crippen LogP contribution >= 0.6 is 0 Å². The van der Waals surface area contributed by atoms with E-state index < -0.39 is 11.4 Å². The molecule has 1 aromatic heterocycles. The summed E-state index contributed by atoms with van der Waals surface area (Å²) in [5, 5.41) is 11.8. The van der Waals surface area contributed by atoms with E-state index in [2.05, 4.69) is 10.3 Å². The van der Waals surface area contributed by atoms with Crippen LogP contribution in [0, 0.1) is 5.41 Å². The van der Waals surface area contributed by atoms with E-state index in [1.807, 2.05) is 30.3 Å². The number of rotatable bonds is 5. The van der Waals surface area contributed by atoms with Gasteiger partial charge < -0.3 is 10.4 Å². The van der Waals surface area contributed by atoms with E-state index in [9.17, 15) is 9.59 Å². The summed E-state index contributed by atoms with van der Waals surface area (Å²) in [6, 6.07) is 9.39. The molecule has 3 rings (SSSR count). The Morgan fingerprint density at radius 3 is 2.62 bits per heavy atom. The van der Waals surface area contributed by atoms with Crippen LogP contribution in [-0.4, -0.2) is 33.1 Å². The summed E-state index contributed by atoms with van der Waals surface area (Å²) in [7, 11) is 0. The van der Waals surface area contributed by atoms with Gasteiger partial charge in [0.2, 0.25) is 0 Å². The van der Waals surface area contributed by atoms with Crippen LogP contribution < -0.4 is 5.32 Å². The maximum absolute atomic E-state index is 12.2. The molecule has 0 aliphatic heterocycles. The number of nitrogens with zero attached hydrogens (tertiary/aromatic N) is 2.